The van der Waals surface area contributed by atoms with Gasteiger partial charge in [0.15, 0.2) is 0 Å². The lowest BCUT2D eigenvalue weighted by Gasteiger charge is -2.42. The smallest absolute Gasteiger partial charge is 0.415 e. The van der Waals surface area contributed by atoms with E-state index in [1.165, 1.54) is 12.0 Å². The summed E-state index contributed by atoms with van der Waals surface area (Å²) in [4.78, 5) is 52.5. The van der Waals surface area contributed by atoms with Crippen molar-refractivity contribution in [1.29, 1.82) is 0 Å². The van der Waals surface area contributed by atoms with E-state index in [1.54, 1.807) is 44.9 Å². The molecule has 0 aliphatic carbocycles. The van der Waals surface area contributed by atoms with Gasteiger partial charge in [-0.3, -0.25) is 14.6 Å². The van der Waals surface area contributed by atoms with Gasteiger partial charge in [-0.05, 0) is 58.7 Å². The second-order valence-electron chi connectivity index (χ2n) is 11.7. The molecule has 1 aliphatic rings. The maximum Gasteiger partial charge on any atom is 0.415 e. The Labute approximate surface area is 254 Å². The van der Waals surface area contributed by atoms with Crippen LogP contribution in [0.1, 0.15) is 46.6 Å². The summed E-state index contributed by atoms with van der Waals surface area (Å²) in [5.74, 6) is 0.0118. The number of carbonyl (C=O) groups excluding carboxylic acids is 4. The first-order valence-corrected chi connectivity index (χ1v) is 14.2. The van der Waals surface area contributed by atoms with E-state index < -0.39 is 35.3 Å². The Kier molecular flexibility index (Phi) is 13.5. The molecule has 1 atom stereocenters. The molecule has 236 valence electrons. The van der Waals surface area contributed by atoms with Gasteiger partial charge in [-0.25, -0.2) is 14.4 Å². The first-order valence-electron chi connectivity index (χ1n) is 14.2. The minimum absolute atomic E-state index is 0.334. The van der Waals surface area contributed by atoms with Gasteiger partial charge in [0.2, 0.25) is 0 Å². The Hall–Kier alpha value is -4.12. The molecule has 43 heavy (non-hydrogen) atoms. The van der Waals surface area contributed by atoms with Gasteiger partial charge in [0.05, 0.1) is 7.11 Å². The molecule has 0 N–H and O–H groups in total. The van der Waals surface area contributed by atoms with Gasteiger partial charge in [0.1, 0.15) is 24.0 Å². The van der Waals surface area contributed by atoms with Gasteiger partial charge >= 0.3 is 18.2 Å². The Morgan fingerprint density at radius 3 is 2.12 bits per heavy atom. The summed E-state index contributed by atoms with van der Waals surface area (Å²) in [5, 5.41) is 0. The van der Waals surface area contributed by atoms with Crippen molar-refractivity contribution in [3.63, 3.8) is 0 Å². The molecule has 0 radical (unpaired) electrons. The molecule has 0 saturated carbocycles. The zero-order valence-corrected chi connectivity index (χ0v) is 26.3. The van der Waals surface area contributed by atoms with Crippen LogP contribution in [0.4, 0.5) is 9.59 Å². The number of esters is 1. The molecule has 2 amide bonds. The quantitative estimate of drug-likeness (QED) is 0.229. The molecule has 1 unspecified atom stereocenters. The van der Waals surface area contributed by atoms with Crippen molar-refractivity contribution in [2.24, 2.45) is 0 Å². The number of methoxy groups -OCH3 is 1. The van der Waals surface area contributed by atoms with E-state index >= 15 is 0 Å². The third-order valence-electron chi connectivity index (χ3n) is 6.90. The van der Waals surface area contributed by atoms with Crippen LogP contribution in [0.15, 0.2) is 60.7 Å². The largest absolute Gasteiger partial charge is 0.467 e. The van der Waals surface area contributed by atoms with Crippen molar-refractivity contribution in [2.45, 2.75) is 64.8 Å². The number of amides is 2. The summed E-state index contributed by atoms with van der Waals surface area (Å²) in [6, 6.07) is 17.7. The number of nitrogens with zero attached hydrogens (tertiary/aromatic N) is 3. The van der Waals surface area contributed by atoms with Gasteiger partial charge in [-0.2, -0.15) is 0 Å². The van der Waals surface area contributed by atoms with Crippen LogP contribution in [0.2, 0.25) is 0 Å². The van der Waals surface area contributed by atoms with Crippen LogP contribution in [0.3, 0.4) is 0 Å². The third kappa shape index (κ3) is 12.0. The molecule has 1 aliphatic heterocycles. The number of benzene rings is 2. The van der Waals surface area contributed by atoms with Crippen LogP contribution in [-0.4, -0.2) is 96.8 Å². The molecule has 11 heteroatoms. The summed E-state index contributed by atoms with van der Waals surface area (Å²) in [7, 11) is 3.02. The lowest BCUT2D eigenvalue weighted by Crippen LogP contribution is -2.60. The van der Waals surface area contributed by atoms with E-state index in [9.17, 15) is 19.2 Å². The van der Waals surface area contributed by atoms with Crippen LogP contribution in [0.5, 0.6) is 5.75 Å². The van der Waals surface area contributed by atoms with Gasteiger partial charge in [0.25, 0.3) is 6.47 Å². The van der Waals surface area contributed by atoms with E-state index in [4.69, 9.17) is 14.2 Å². The van der Waals surface area contributed by atoms with Crippen LogP contribution in [-0.2, 0) is 30.4 Å². The monoisotopic (exact) mass is 599 g/mol. The average Bonchev–Trinajstić information content (AvgIpc) is 2.98. The second kappa shape index (κ2) is 16.5. The predicted octanol–water partition coefficient (Wildman–Crippen LogP) is 4.74. The molecule has 0 spiro atoms. The van der Waals surface area contributed by atoms with E-state index in [1.807, 2.05) is 62.4 Å². The van der Waals surface area contributed by atoms with Crippen molar-refractivity contribution in [1.82, 2.24) is 14.7 Å². The van der Waals surface area contributed by atoms with Gasteiger partial charge < -0.3 is 23.8 Å². The predicted molar refractivity (Wildman–Crippen MR) is 161 cm³/mol. The molecule has 11 nitrogen and oxygen atoms in total. The van der Waals surface area contributed by atoms with Gasteiger partial charge in [-0.1, -0.05) is 48.5 Å². The molecule has 1 heterocycles. The van der Waals surface area contributed by atoms with Crippen LogP contribution in [0, 0.1) is 0 Å². The molecule has 0 aromatic heterocycles. The topological polar surface area (TPSA) is 115 Å². The number of hydrogen-bond acceptors (Lipinski definition) is 9. The fourth-order valence-electron chi connectivity index (χ4n) is 4.13. The SMILES string of the molecule is COC(=O)C1CN(CCC(C)(C)N(C)C(=O)Oc2ccccc2)CCN1C(=O)OC(C)(C)C.O=COCc1ccccc1. The maximum atomic E-state index is 12.6. The molecule has 3 rings (SSSR count). The Morgan fingerprint density at radius 1 is 0.953 bits per heavy atom. The van der Waals surface area contributed by atoms with Gasteiger partial charge in [0, 0.05) is 38.8 Å². The Bertz CT molecular complexity index is 1170. The average molecular weight is 600 g/mol. The van der Waals surface area contributed by atoms with E-state index in [2.05, 4.69) is 9.64 Å². The molecule has 1 saturated heterocycles. The van der Waals surface area contributed by atoms with Crippen molar-refractivity contribution in [3.8, 4) is 5.75 Å². The lowest BCUT2D eigenvalue weighted by atomic mass is 9.98. The molecular formula is C32H45N3O8. The Morgan fingerprint density at radius 2 is 1.56 bits per heavy atom. The summed E-state index contributed by atoms with van der Waals surface area (Å²) in [6.07, 6.45) is -0.317. The number of carbonyl (C=O) groups is 4. The van der Waals surface area contributed by atoms with Crippen molar-refractivity contribution in [2.75, 3.05) is 40.3 Å². The van der Waals surface area contributed by atoms with E-state index in [-0.39, 0.29) is 0 Å². The number of rotatable bonds is 9. The standard InChI is InChI=1S/C24H37N3O6.C8H8O2/c1-23(2,3)33-22(30)27-16-15-26(17-19(27)20(28)31-7)14-13-24(4,5)25(6)21(29)32-18-11-9-8-10-12-18;9-7-10-6-8-4-2-1-3-5-8/h8-12,19H,13-17H2,1-7H3;1-5,7H,6H2. The summed E-state index contributed by atoms with van der Waals surface area (Å²) in [5.41, 5.74) is -0.137. The first kappa shape index (κ1) is 35.1. The number of hydrogen-bond donors (Lipinski definition) is 0. The fraction of sp³-hybridized carbons (Fsp3) is 0.500. The fourth-order valence-corrected chi connectivity index (χ4v) is 4.13. The van der Waals surface area contributed by atoms with Crippen LogP contribution < -0.4 is 4.74 Å². The highest BCUT2D eigenvalue weighted by Crippen LogP contribution is 2.22. The van der Waals surface area contributed by atoms with Crippen molar-refractivity contribution >= 4 is 24.6 Å². The third-order valence-corrected chi connectivity index (χ3v) is 6.90. The van der Waals surface area contributed by atoms with E-state index in [0.717, 1.165) is 5.56 Å². The number of para-hydroxylation sites is 1. The zero-order valence-electron chi connectivity index (χ0n) is 26.3. The Balaban J connectivity index is 0.000000543. The summed E-state index contributed by atoms with van der Waals surface area (Å²) >= 11 is 0. The highest BCUT2D eigenvalue weighted by molar-refractivity contribution is 5.82. The van der Waals surface area contributed by atoms with Crippen LogP contribution in [0.25, 0.3) is 0 Å². The van der Waals surface area contributed by atoms with Crippen molar-refractivity contribution < 1.29 is 38.1 Å². The number of ether oxygens (including phenoxy) is 4. The van der Waals surface area contributed by atoms with E-state index in [0.29, 0.717) is 51.4 Å². The summed E-state index contributed by atoms with van der Waals surface area (Å²) < 4.78 is 20.4. The molecule has 0 bridgehead atoms. The highest BCUT2D eigenvalue weighted by Gasteiger charge is 2.39. The maximum absolute atomic E-state index is 12.6. The molecule has 1 fully saturated rings. The lowest BCUT2D eigenvalue weighted by molar-refractivity contribution is -0.149. The number of piperazine rings is 1. The second-order valence-corrected chi connectivity index (χ2v) is 11.7. The molecule has 2 aromatic rings. The first-order chi connectivity index (χ1) is 20.3. The normalized spacial score (nSPS) is 15.3. The summed E-state index contributed by atoms with van der Waals surface area (Å²) in [6.45, 7) is 12.0. The van der Waals surface area contributed by atoms with Gasteiger partial charge in [-0.15, -0.1) is 0 Å². The molecular weight excluding hydrogens is 554 g/mol. The molecule has 2 aromatic carbocycles. The van der Waals surface area contributed by atoms with Crippen molar-refractivity contribution in [3.05, 3.63) is 66.2 Å². The highest BCUT2D eigenvalue weighted by atomic mass is 16.6. The van der Waals surface area contributed by atoms with Crippen LogP contribution >= 0.6 is 0 Å². The zero-order chi connectivity index (χ0) is 32.0. The minimum Gasteiger partial charge on any atom is -0.467 e. The minimum atomic E-state index is -0.748.